The van der Waals surface area contributed by atoms with Crippen LogP contribution in [0.15, 0.2) is 0 Å². The van der Waals surface area contributed by atoms with Crippen molar-refractivity contribution in [1.82, 2.24) is 0 Å². The Morgan fingerprint density at radius 1 is 1.18 bits per heavy atom. The van der Waals surface area contributed by atoms with Crippen LogP contribution in [0, 0.1) is 17.8 Å². The van der Waals surface area contributed by atoms with Gasteiger partial charge in [0.15, 0.2) is 0 Å². The second-order valence-corrected chi connectivity index (χ2v) is 3.58. The predicted octanol–water partition coefficient (Wildman–Crippen LogP) is -2.82. The van der Waals surface area contributed by atoms with Crippen LogP contribution in [0.2, 0.25) is 0 Å². The van der Waals surface area contributed by atoms with Crippen molar-refractivity contribution in [2.24, 2.45) is 17.8 Å². The number of fused-ring (bicyclic) bond motifs is 1. The molecule has 0 bridgehead atoms. The largest absolute Gasteiger partial charge is 1.00 e. The maximum Gasteiger partial charge on any atom is 1.00 e. The molecule has 0 amide bonds. The first-order valence-electron chi connectivity index (χ1n) is 3.98. The van der Waals surface area contributed by atoms with E-state index in [1.807, 2.05) is 0 Å². The molecule has 56 valence electrons. The molecule has 2 saturated carbocycles. The van der Waals surface area contributed by atoms with Crippen LogP contribution in [-0.2, 0) is 4.79 Å². The molecule has 2 rings (SSSR count). The molecule has 2 fully saturated rings. The Kier molecular flexibility index (Phi) is 3.59. The zero-order valence-corrected chi connectivity index (χ0v) is 10.0. The van der Waals surface area contributed by atoms with Crippen molar-refractivity contribution < 1.29 is 61.3 Å². The molecular weight excluding hydrogens is 167 g/mol. The van der Waals surface area contributed by atoms with Crippen LogP contribution in [0.1, 0.15) is 25.7 Å². The number of carboxylic acids is 1. The van der Waals surface area contributed by atoms with Crippen molar-refractivity contribution in [2.45, 2.75) is 25.7 Å². The van der Waals surface area contributed by atoms with E-state index in [1.54, 1.807) is 0 Å². The third-order valence-electron chi connectivity index (χ3n) is 2.88. The van der Waals surface area contributed by atoms with Gasteiger partial charge < -0.3 is 9.90 Å². The fourth-order valence-corrected chi connectivity index (χ4v) is 2.07. The molecule has 0 saturated heterocycles. The monoisotopic (exact) mass is 178 g/mol. The Morgan fingerprint density at radius 2 is 1.91 bits per heavy atom. The summed E-state index contributed by atoms with van der Waals surface area (Å²) in [4.78, 5) is 10.4. The second-order valence-electron chi connectivity index (χ2n) is 3.58. The topological polar surface area (TPSA) is 40.1 Å². The summed E-state index contributed by atoms with van der Waals surface area (Å²) < 4.78 is 0. The van der Waals surface area contributed by atoms with E-state index >= 15 is 0 Å². The zero-order valence-electron chi connectivity index (χ0n) is 6.88. The van der Waals surface area contributed by atoms with Gasteiger partial charge in [0.25, 0.3) is 0 Å². The minimum absolute atomic E-state index is 0. The van der Waals surface area contributed by atoms with Crippen LogP contribution < -0.4 is 56.5 Å². The van der Waals surface area contributed by atoms with Gasteiger partial charge in [0.05, 0.1) is 0 Å². The summed E-state index contributed by atoms with van der Waals surface area (Å²) in [6, 6.07) is 0. The Bertz CT molecular complexity index is 169. The van der Waals surface area contributed by atoms with E-state index in [9.17, 15) is 9.90 Å². The minimum Gasteiger partial charge on any atom is -0.550 e. The SMILES string of the molecule is O=C([O-])C1CCC2CC2C1.[K+]. The van der Waals surface area contributed by atoms with Gasteiger partial charge in [0.2, 0.25) is 0 Å². The maximum atomic E-state index is 10.4. The van der Waals surface area contributed by atoms with Gasteiger partial charge >= 0.3 is 51.4 Å². The molecule has 2 aliphatic rings. The average Bonchev–Trinajstić information content (AvgIpc) is 2.63. The summed E-state index contributed by atoms with van der Waals surface area (Å²) >= 11 is 0. The van der Waals surface area contributed by atoms with Crippen LogP contribution in [-0.4, -0.2) is 5.97 Å². The normalized spacial score (nSPS) is 40.2. The summed E-state index contributed by atoms with van der Waals surface area (Å²) in [6.07, 6.45) is 4.17. The molecule has 3 unspecified atom stereocenters. The Balaban J connectivity index is 0.000000605. The van der Waals surface area contributed by atoms with Crippen LogP contribution in [0.5, 0.6) is 0 Å². The van der Waals surface area contributed by atoms with Crippen LogP contribution in [0.4, 0.5) is 0 Å². The molecule has 0 radical (unpaired) electrons. The molecule has 0 spiro atoms. The quantitative estimate of drug-likeness (QED) is 0.406. The molecule has 3 atom stereocenters. The molecule has 11 heavy (non-hydrogen) atoms. The number of hydrogen-bond acceptors (Lipinski definition) is 2. The van der Waals surface area contributed by atoms with Crippen molar-refractivity contribution >= 4 is 5.97 Å². The Hall–Kier alpha value is 1.11. The van der Waals surface area contributed by atoms with Gasteiger partial charge in [-0.3, -0.25) is 0 Å². The van der Waals surface area contributed by atoms with Crippen molar-refractivity contribution in [3.63, 3.8) is 0 Å². The van der Waals surface area contributed by atoms with Crippen LogP contribution in [0.3, 0.4) is 0 Å². The third kappa shape index (κ3) is 2.28. The molecular formula is C8H11KO2. The summed E-state index contributed by atoms with van der Waals surface area (Å²) in [5, 5.41) is 10.4. The first-order chi connectivity index (χ1) is 4.77. The summed E-state index contributed by atoms with van der Waals surface area (Å²) in [6.45, 7) is 0. The number of carboxylic acid groups (broad SMARTS) is 1. The number of carbonyl (C=O) groups is 1. The van der Waals surface area contributed by atoms with Gasteiger partial charge in [-0.2, -0.15) is 0 Å². The number of rotatable bonds is 1. The maximum absolute atomic E-state index is 10.4. The molecule has 0 aromatic rings. The number of aliphatic carboxylic acids is 1. The van der Waals surface area contributed by atoms with Crippen LogP contribution in [0.25, 0.3) is 0 Å². The van der Waals surface area contributed by atoms with Crippen molar-refractivity contribution in [3.05, 3.63) is 0 Å². The smallest absolute Gasteiger partial charge is 0.550 e. The van der Waals surface area contributed by atoms with Crippen molar-refractivity contribution in [3.8, 4) is 0 Å². The van der Waals surface area contributed by atoms with E-state index < -0.39 is 5.97 Å². The predicted molar refractivity (Wildman–Crippen MR) is 33.9 cm³/mol. The molecule has 0 N–H and O–H groups in total. The summed E-state index contributed by atoms with van der Waals surface area (Å²) in [5.74, 6) is 0.682. The van der Waals surface area contributed by atoms with E-state index in [2.05, 4.69) is 0 Å². The number of hydrogen-bond donors (Lipinski definition) is 0. The zero-order chi connectivity index (χ0) is 7.14. The molecule has 0 aromatic heterocycles. The van der Waals surface area contributed by atoms with Gasteiger partial charge in [-0.05, 0) is 43.4 Å². The molecule has 0 heterocycles. The molecule has 2 aliphatic carbocycles. The molecule has 0 aliphatic heterocycles. The third-order valence-corrected chi connectivity index (χ3v) is 2.88. The fourth-order valence-electron chi connectivity index (χ4n) is 2.07. The summed E-state index contributed by atoms with van der Waals surface area (Å²) in [5.41, 5.74) is 0. The van der Waals surface area contributed by atoms with E-state index in [1.165, 1.54) is 6.42 Å². The summed E-state index contributed by atoms with van der Waals surface area (Å²) in [7, 11) is 0. The second kappa shape index (κ2) is 3.88. The first kappa shape index (κ1) is 10.2. The van der Waals surface area contributed by atoms with E-state index in [0.29, 0.717) is 0 Å². The van der Waals surface area contributed by atoms with Gasteiger partial charge in [0, 0.05) is 5.97 Å². The number of carbonyl (C=O) groups excluding carboxylic acids is 1. The first-order valence-corrected chi connectivity index (χ1v) is 3.98. The molecule has 3 heteroatoms. The minimum atomic E-state index is -0.828. The van der Waals surface area contributed by atoms with E-state index in [0.717, 1.165) is 31.1 Å². The van der Waals surface area contributed by atoms with Gasteiger partial charge in [-0.15, -0.1) is 0 Å². The molecule has 2 nitrogen and oxygen atoms in total. The van der Waals surface area contributed by atoms with Gasteiger partial charge in [0.1, 0.15) is 0 Å². The van der Waals surface area contributed by atoms with Gasteiger partial charge in [-0.1, -0.05) is 0 Å². The average molecular weight is 178 g/mol. The van der Waals surface area contributed by atoms with E-state index in [-0.39, 0.29) is 57.3 Å². The van der Waals surface area contributed by atoms with Gasteiger partial charge in [-0.25, -0.2) is 0 Å². The van der Waals surface area contributed by atoms with Crippen molar-refractivity contribution in [2.75, 3.05) is 0 Å². The standard InChI is InChI=1S/C8H12O2.K/c9-8(10)6-2-1-5-3-7(5)4-6;/h5-7H,1-4H2,(H,9,10);/q;+1/p-1. The van der Waals surface area contributed by atoms with Crippen molar-refractivity contribution in [1.29, 1.82) is 0 Å². The van der Waals surface area contributed by atoms with E-state index in [4.69, 9.17) is 0 Å². The van der Waals surface area contributed by atoms with Crippen LogP contribution >= 0.6 is 0 Å². The Labute approximate surface area is 109 Å². The fraction of sp³-hybridized carbons (Fsp3) is 0.875. The molecule has 0 aromatic carbocycles. The Morgan fingerprint density at radius 3 is 2.45 bits per heavy atom.